The average Bonchev–Trinajstić information content (AvgIpc) is 3.00. The van der Waals surface area contributed by atoms with Crippen LogP contribution in [0.1, 0.15) is 16.1 Å². The molecule has 1 aromatic heterocycles. The lowest BCUT2D eigenvalue weighted by Crippen LogP contribution is -2.16. The largest absolute Gasteiger partial charge is 0.320 e. The van der Waals surface area contributed by atoms with Crippen LogP contribution in [0.4, 0.5) is 5.69 Å². The van der Waals surface area contributed by atoms with Gasteiger partial charge in [0.05, 0.1) is 12.5 Å². The van der Waals surface area contributed by atoms with Crippen molar-refractivity contribution in [1.82, 2.24) is 9.55 Å². The zero-order valence-electron chi connectivity index (χ0n) is 11.7. The van der Waals surface area contributed by atoms with E-state index in [-0.39, 0.29) is 5.91 Å². The Hall–Kier alpha value is -2.88. The van der Waals surface area contributed by atoms with Crippen molar-refractivity contribution in [1.29, 1.82) is 0 Å². The van der Waals surface area contributed by atoms with Gasteiger partial charge >= 0.3 is 0 Å². The van der Waals surface area contributed by atoms with E-state index in [2.05, 4.69) is 10.3 Å². The lowest BCUT2D eigenvalue weighted by atomic mass is 10.2. The van der Waals surface area contributed by atoms with Crippen LogP contribution >= 0.6 is 0 Å². The first-order valence-corrected chi connectivity index (χ1v) is 6.70. The fourth-order valence-corrected chi connectivity index (χ4v) is 2.16. The molecule has 21 heavy (non-hydrogen) atoms. The standard InChI is InChI=1S/C17H15N3O/c1-13-7-5-6-10-15(13)19-17(21)16-11-18-12-20(16)14-8-3-2-4-9-14/h2-12H,1H3,(H,19,21). The quantitative estimate of drug-likeness (QED) is 0.797. The van der Waals surface area contributed by atoms with Crippen LogP contribution in [0.3, 0.4) is 0 Å². The van der Waals surface area contributed by atoms with Gasteiger partial charge in [0.15, 0.2) is 0 Å². The maximum atomic E-state index is 12.4. The van der Waals surface area contributed by atoms with E-state index in [1.165, 1.54) is 0 Å². The molecule has 104 valence electrons. The van der Waals surface area contributed by atoms with Gasteiger partial charge in [-0.15, -0.1) is 0 Å². The summed E-state index contributed by atoms with van der Waals surface area (Å²) in [5, 5.41) is 2.92. The minimum Gasteiger partial charge on any atom is -0.320 e. The number of amides is 1. The highest BCUT2D eigenvalue weighted by Gasteiger charge is 2.13. The van der Waals surface area contributed by atoms with Crippen LogP contribution in [0.2, 0.25) is 0 Å². The van der Waals surface area contributed by atoms with E-state index in [1.807, 2.05) is 61.5 Å². The van der Waals surface area contributed by atoms with E-state index in [1.54, 1.807) is 17.1 Å². The molecule has 4 nitrogen and oxygen atoms in total. The highest BCUT2D eigenvalue weighted by atomic mass is 16.2. The van der Waals surface area contributed by atoms with Gasteiger partial charge in [-0.05, 0) is 30.7 Å². The Balaban J connectivity index is 1.90. The first-order valence-electron chi connectivity index (χ1n) is 6.70. The zero-order chi connectivity index (χ0) is 14.7. The number of carbonyl (C=O) groups excluding carboxylic acids is 1. The van der Waals surface area contributed by atoms with Gasteiger partial charge in [-0.2, -0.15) is 0 Å². The minimum atomic E-state index is -0.175. The Morgan fingerprint density at radius 1 is 1.05 bits per heavy atom. The molecule has 3 rings (SSSR count). The number of benzene rings is 2. The second-order valence-electron chi connectivity index (χ2n) is 4.75. The molecular weight excluding hydrogens is 262 g/mol. The number of anilines is 1. The highest BCUT2D eigenvalue weighted by Crippen LogP contribution is 2.16. The molecular formula is C17H15N3O. The van der Waals surface area contributed by atoms with Crippen molar-refractivity contribution in [3.8, 4) is 5.69 Å². The van der Waals surface area contributed by atoms with Crippen LogP contribution in [-0.4, -0.2) is 15.5 Å². The fraction of sp³-hybridized carbons (Fsp3) is 0.0588. The molecule has 0 unspecified atom stereocenters. The number of rotatable bonds is 3. The van der Waals surface area contributed by atoms with Gasteiger partial charge in [0.2, 0.25) is 0 Å². The van der Waals surface area contributed by atoms with Gasteiger partial charge in [-0.25, -0.2) is 4.98 Å². The van der Waals surface area contributed by atoms with Crippen molar-refractivity contribution >= 4 is 11.6 Å². The number of aryl methyl sites for hydroxylation is 1. The number of imidazole rings is 1. The van der Waals surface area contributed by atoms with E-state index in [4.69, 9.17) is 0 Å². The number of nitrogens with one attached hydrogen (secondary N) is 1. The molecule has 1 amide bonds. The summed E-state index contributed by atoms with van der Waals surface area (Å²) in [4.78, 5) is 16.5. The zero-order valence-corrected chi connectivity index (χ0v) is 11.7. The number of hydrogen-bond acceptors (Lipinski definition) is 2. The van der Waals surface area contributed by atoms with Crippen molar-refractivity contribution in [3.63, 3.8) is 0 Å². The molecule has 1 N–H and O–H groups in total. The summed E-state index contributed by atoms with van der Waals surface area (Å²) in [6.45, 7) is 1.96. The molecule has 0 aliphatic heterocycles. The SMILES string of the molecule is Cc1ccccc1NC(=O)c1cncn1-c1ccccc1. The van der Waals surface area contributed by atoms with Gasteiger partial charge in [0, 0.05) is 11.4 Å². The molecule has 2 aromatic carbocycles. The Bertz CT molecular complexity index is 762. The second kappa shape index (κ2) is 5.63. The number of hydrogen-bond donors (Lipinski definition) is 1. The second-order valence-corrected chi connectivity index (χ2v) is 4.75. The molecule has 0 saturated heterocycles. The van der Waals surface area contributed by atoms with Gasteiger partial charge in [0.25, 0.3) is 5.91 Å². The lowest BCUT2D eigenvalue weighted by molar-refractivity contribution is 0.102. The van der Waals surface area contributed by atoms with Crippen LogP contribution < -0.4 is 5.32 Å². The number of para-hydroxylation sites is 2. The number of carbonyl (C=O) groups is 1. The van der Waals surface area contributed by atoms with E-state index in [0.717, 1.165) is 16.9 Å². The van der Waals surface area contributed by atoms with Crippen LogP contribution in [0, 0.1) is 6.92 Å². The highest BCUT2D eigenvalue weighted by molar-refractivity contribution is 6.03. The van der Waals surface area contributed by atoms with Gasteiger partial charge in [-0.3, -0.25) is 9.36 Å². The third kappa shape index (κ3) is 2.69. The molecule has 1 heterocycles. The third-order valence-electron chi connectivity index (χ3n) is 3.30. The number of aromatic nitrogens is 2. The topological polar surface area (TPSA) is 46.9 Å². The molecule has 4 heteroatoms. The van der Waals surface area contributed by atoms with E-state index in [0.29, 0.717) is 5.69 Å². The maximum absolute atomic E-state index is 12.4. The number of nitrogens with zero attached hydrogens (tertiary/aromatic N) is 2. The Morgan fingerprint density at radius 3 is 2.52 bits per heavy atom. The molecule has 0 aliphatic rings. The predicted octanol–water partition coefficient (Wildman–Crippen LogP) is 3.43. The summed E-state index contributed by atoms with van der Waals surface area (Å²) in [5.74, 6) is -0.175. The summed E-state index contributed by atoms with van der Waals surface area (Å²) in [5.41, 5.74) is 3.24. The Labute approximate surface area is 123 Å². The third-order valence-corrected chi connectivity index (χ3v) is 3.30. The first-order chi connectivity index (χ1) is 10.3. The van der Waals surface area contributed by atoms with Gasteiger partial charge in [0.1, 0.15) is 5.69 Å². The van der Waals surface area contributed by atoms with Crippen molar-refractivity contribution in [2.45, 2.75) is 6.92 Å². The first kappa shape index (κ1) is 13.1. The molecule has 3 aromatic rings. The van der Waals surface area contributed by atoms with Crippen LogP contribution in [0.25, 0.3) is 5.69 Å². The normalized spacial score (nSPS) is 10.3. The Kier molecular flexibility index (Phi) is 3.51. The van der Waals surface area contributed by atoms with Crippen molar-refractivity contribution in [2.24, 2.45) is 0 Å². The predicted molar refractivity (Wildman–Crippen MR) is 82.7 cm³/mol. The van der Waals surface area contributed by atoms with Crippen molar-refractivity contribution in [3.05, 3.63) is 78.4 Å². The van der Waals surface area contributed by atoms with Crippen LogP contribution in [-0.2, 0) is 0 Å². The summed E-state index contributed by atoms with van der Waals surface area (Å²) in [7, 11) is 0. The van der Waals surface area contributed by atoms with Crippen molar-refractivity contribution in [2.75, 3.05) is 5.32 Å². The minimum absolute atomic E-state index is 0.175. The molecule has 0 spiro atoms. The summed E-state index contributed by atoms with van der Waals surface area (Å²) < 4.78 is 1.77. The van der Waals surface area contributed by atoms with Gasteiger partial charge < -0.3 is 5.32 Å². The molecule has 0 bridgehead atoms. The van der Waals surface area contributed by atoms with E-state index in [9.17, 15) is 4.79 Å². The van der Waals surface area contributed by atoms with Crippen LogP contribution in [0.15, 0.2) is 67.1 Å². The average molecular weight is 277 g/mol. The molecule has 0 atom stereocenters. The van der Waals surface area contributed by atoms with Crippen LogP contribution in [0.5, 0.6) is 0 Å². The molecule has 0 fully saturated rings. The smallest absolute Gasteiger partial charge is 0.274 e. The Morgan fingerprint density at radius 2 is 1.76 bits per heavy atom. The fourth-order valence-electron chi connectivity index (χ4n) is 2.16. The summed E-state index contributed by atoms with van der Waals surface area (Å²) >= 11 is 0. The van der Waals surface area contributed by atoms with Crippen molar-refractivity contribution < 1.29 is 4.79 Å². The maximum Gasteiger partial charge on any atom is 0.274 e. The monoisotopic (exact) mass is 277 g/mol. The van der Waals surface area contributed by atoms with E-state index < -0.39 is 0 Å². The van der Waals surface area contributed by atoms with Gasteiger partial charge in [-0.1, -0.05) is 36.4 Å². The molecule has 0 radical (unpaired) electrons. The summed E-state index contributed by atoms with van der Waals surface area (Å²) in [6.07, 6.45) is 3.21. The van der Waals surface area contributed by atoms with E-state index >= 15 is 0 Å². The lowest BCUT2D eigenvalue weighted by Gasteiger charge is -2.10. The molecule has 0 aliphatic carbocycles. The summed E-state index contributed by atoms with van der Waals surface area (Å²) in [6, 6.07) is 17.4. The molecule has 0 saturated carbocycles.